The fourth-order valence-corrected chi connectivity index (χ4v) is 4.97. The van der Waals surface area contributed by atoms with Crippen LogP contribution in [0, 0.1) is 12.7 Å². The van der Waals surface area contributed by atoms with Gasteiger partial charge in [-0.25, -0.2) is 9.37 Å². The molecule has 2 aromatic heterocycles. The van der Waals surface area contributed by atoms with Gasteiger partial charge < -0.3 is 10.6 Å². The van der Waals surface area contributed by atoms with Crippen LogP contribution in [0.2, 0.25) is 0 Å². The van der Waals surface area contributed by atoms with Crippen LogP contribution in [0.1, 0.15) is 35.2 Å². The predicted molar refractivity (Wildman–Crippen MR) is 118 cm³/mol. The van der Waals surface area contributed by atoms with Gasteiger partial charge in [-0.3, -0.25) is 4.79 Å². The third-order valence-corrected chi connectivity index (χ3v) is 6.47. The maximum absolute atomic E-state index is 13.5. The summed E-state index contributed by atoms with van der Waals surface area (Å²) in [6.45, 7) is 1.95. The number of thiazole rings is 1. The Balaban J connectivity index is 1.34. The molecule has 5 rings (SSSR count). The standard InChI is InChI=1S/C22H21FN6OS/c1-13-5-8-19(29-24-9-10-25-29)15(11-13)21(30)26-16-3-2-4-17(16)27-22-28-18-7-6-14(23)12-20(18)31-22/h5-12,16-17H,2-4H2,1H3,(H,26,30)(H,27,28). The number of aromatic nitrogens is 4. The molecule has 1 aliphatic rings. The molecule has 0 bridgehead atoms. The number of anilines is 1. The van der Waals surface area contributed by atoms with Gasteiger partial charge in [0, 0.05) is 12.1 Å². The second-order valence-electron chi connectivity index (χ2n) is 7.73. The first-order valence-electron chi connectivity index (χ1n) is 10.2. The Morgan fingerprint density at radius 2 is 1.94 bits per heavy atom. The molecule has 1 aliphatic carbocycles. The van der Waals surface area contributed by atoms with Crippen molar-refractivity contribution < 1.29 is 9.18 Å². The topological polar surface area (TPSA) is 84.7 Å². The first kappa shape index (κ1) is 19.6. The SMILES string of the molecule is Cc1ccc(-n2nccn2)c(C(=O)NC2CCCC2Nc2nc3ccc(F)cc3s2)c1. The molecule has 1 saturated carbocycles. The zero-order valence-electron chi connectivity index (χ0n) is 16.9. The van der Waals surface area contributed by atoms with Gasteiger partial charge in [0.05, 0.1) is 33.9 Å². The number of nitrogens with one attached hydrogen (secondary N) is 2. The van der Waals surface area contributed by atoms with Crippen LogP contribution in [-0.2, 0) is 0 Å². The van der Waals surface area contributed by atoms with Crippen molar-refractivity contribution in [2.24, 2.45) is 0 Å². The lowest BCUT2D eigenvalue weighted by molar-refractivity contribution is 0.0935. The highest BCUT2D eigenvalue weighted by Crippen LogP contribution is 2.30. The molecule has 158 valence electrons. The van der Waals surface area contributed by atoms with Gasteiger partial charge in [0.25, 0.3) is 5.91 Å². The first-order chi connectivity index (χ1) is 15.1. The van der Waals surface area contributed by atoms with E-state index in [-0.39, 0.29) is 23.8 Å². The molecule has 1 amide bonds. The molecule has 9 heteroatoms. The van der Waals surface area contributed by atoms with Crippen LogP contribution in [-0.4, -0.2) is 38.0 Å². The fraction of sp³-hybridized carbons (Fsp3) is 0.273. The number of hydrogen-bond acceptors (Lipinski definition) is 6. The Labute approximate surface area is 182 Å². The van der Waals surface area contributed by atoms with Crippen LogP contribution in [0.15, 0.2) is 48.8 Å². The van der Waals surface area contributed by atoms with E-state index in [1.165, 1.54) is 28.3 Å². The van der Waals surface area contributed by atoms with Crippen LogP contribution in [0.4, 0.5) is 9.52 Å². The minimum atomic E-state index is -0.269. The molecule has 2 unspecified atom stereocenters. The van der Waals surface area contributed by atoms with Gasteiger partial charge in [-0.15, -0.1) is 0 Å². The predicted octanol–water partition coefficient (Wildman–Crippen LogP) is 4.09. The van der Waals surface area contributed by atoms with E-state index in [4.69, 9.17) is 0 Å². The van der Waals surface area contributed by atoms with E-state index in [0.29, 0.717) is 11.3 Å². The van der Waals surface area contributed by atoms with Gasteiger partial charge in [-0.05, 0) is 56.5 Å². The molecule has 1 fully saturated rings. The highest BCUT2D eigenvalue weighted by atomic mass is 32.1. The number of aryl methyl sites for hydroxylation is 1. The van der Waals surface area contributed by atoms with Gasteiger partial charge in [0.1, 0.15) is 5.82 Å². The van der Waals surface area contributed by atoms with Crippen molar-refractivity contribution in [1.82, 2.24) is 25.3 Å². The fourth-order valence-electron chi connectivity index (χ4n) is 4.02. The third kappa shape index (κ3) is 4.00. The molecule has 0 saturated heterocycles. The van der Waals surface area contributed by atoms with Crippen LogP contribution < -0.4 is 10.6 Å². The number of rotatable bonds is 5. The van der Waals surface area contributed by atoms with Gasteiger partial charge >= 0.3 is 0 Å². The maximum Gasteiger partial charge on any atom is 0.253 e. The number of hydrogen-bond donors (Lipinski definition) is 2. The van der Waals surface area contributed by atoms with E-state index in [1.54, 1.807) is 18.5 Å². The van der Waals surface area contributed by atoms with E-state index in [9.17, 15) is 9.18 Å². The van der Waals surface area contributed by atoms with Gasteiger partial charge in [0.2, 0.25) is 0 Å². The van der Waals surface area contributed by atoms with E-state index < -0.39 is 0 Å². The lowest BCUT2D eigenvalue weighted by Gasteiger charge is -2.22. The Kier molecular flexibility index (Phi) is 5.11. The largest absolute Gasteiger partial charge is 0.357 e. The molecule has 31 heavy (non-hydrogen) atoms. The highest BCUT2D eigenvalue weighted by molar-refractivity contribution is 7.22. The van der Waals surface area contributed by atoms with Crippen molar-refractivity contribution >= 4 is 32.6 Å². The average molecular weight is 437 g/mol. The maximum atomic E-state index is 13.5. The molecule has 2 heterocycles. The van der Waals surface area contributed by atoms with Crippen molar-refractivity contribution in [3.8, 4) is 5.69 Å². The van der Waals surface area contributed by atoms with Crippen molar-refractivity contribution in [2.75, 3.05) is 5.32 Å². The van der Waals surface area contributed by atoms with Crippen molar-refractivity contribution in [3.05, 3.63) is 65.7 Å². The summed E-state index contributed by atoms with van der Waals surface area (Å²) in [5, 5.41) is 15.7. The van der Waals surface area contributed by atoms with Crippen LogP contribution >= 0.6 is 11.3 Å². The summed E-state index contributed by atoms with van der Waals surface area (Å²) < 4.78 is 14.3. The minimum Gasteiger partial charge on any atom is -0.357 e. The summed E-state index contributed by atoms with van der Waals surface area (Å²) in [6, 6.07) is 10.3. The van der Waals surface area contributed by atoms with E-state index in [0.717, 1.165) is 40.2 Å². The molecule has 7 nitrogen and oxygen atoms in total. The zero-order chi connectivity index (χ0) is 21.4. The van der Waals surface area contributed by atoms with Crippen molar-refractivity contribution in [1.29, 1.82) is 0 Å². The normalized spacial score (nSPS) is 18.4. The number of benzene rings is 2. The lowest BCUT2D eigenvalue weighted by Crippen LogP contribution is -2.43. The lowest BCUT2D eigenvalue weighted by atomic mass is 10.1. The summed E-state index contributed by atoms with van der Waals surface area (Å²) in [4.78, 5) is 19.2. The smallest absolute Gasteiger partial charge is 0.253 e. The summed E-state index contributed by atoms with van der Waals surface area (Å²) >= 11 is 1.42. The monoisotopic (exact) mass is 436 g/mol. The Bertz CT molecular complexity index is 1240. The van der Waals surface area contributed by atoms with Gasteiger partial charge in [-0.1, -0.05) is 23.0 Å². The molecule has 0 radical (unpaired) electrons. The number of nitrogens with zero attached hydrogens (tertiary/aromatic N) is 4. The second-order valence-corrected chi connectivity index (χ2v) is 8.76. The van der Waals surface area contributed by atoms with Crippen LogP contribution in [0.25, 0.3) is 15.9 Å². The zero-order valence-corrected chi connectivity index (χ0v) is 17.7. The molecule has 2 aromatic carbocycles. The average Bonchev–Trinajstić information content (AvgIpc) is 3.49. The quantitative estimate of drug-likeness (QED) is 0.492. The number of carbonyl (C=O) groups excluding carboxylic acids is 1. The Morgan fingerprint density at radius 1 is 1.13 bits per heavy atom. The number of carbonyl (C=O) groups is 1. The minimum absolute atomic E-state index is 0.0322. The molecule has 2 N–H and O–H groups in total. The summed E-state index contributed by atoms with van der Waals surface area (Å²) in [6.07, 6.45) is 5.98. The number of halogens is 1. The van der Waals surface area contributed by atoms with E-state index in [2.05, 4.69) is 25.8 Å². The van der Waals surface area contributed by atoms with Crippen LogP contribution in [0.5, 0.6) is 0 Å². The first-order valence-corrected chi connectivity index (χ1v) is 11.0. The van der Waals surface area contributed by atoms with Gasteiger partial charge in [-0.2, -0.15) is 15.0 Å². The molecular formula is C22H21FN6OS. The Hall–Kier alpha value is -3.33. The summed E-state index contributed by atoms with van der Waals surface area (Å²) in [5.41, 5.74) is 2.94. The molecule has 0 aliphatic heterocycles. The molecule has 0 spiro atoms. The van der Waals surface area contributed by atoms with E-state index in [1.807, 2.05) is 25.1 Å². The summed E-state index contributed by atoms with van der Waals surface area (Å²) in [5.74, 6) is -0.421. The van der Waals surface area contributed by atoms with Crippen molar-refractivity contribution in [2.45, 2.75) is 38.3 Å². The molecule has 2 atom stereocenters. The third-order valence-electron chi connectivity index (χ3n) is 5.52. The van der Waals surface area contributed by atoms with Crippen molar-refractivity contribution in [3.63, 3.8) is 0 Å². The number of amides is 1. The van der Waals surface area contributed by atoms with Crippen LogP contribution in [0.3, 0.4) is 0 Å². The Morgan fingerprint density at radius 3 is 2.77 bits per heavy atom. The van der Waals surface area contributed by atoms with E-state index >= 15 is 0 Å². The summed E-state index contributed by atoms with van der Waals surface area (Å²) in [7, 11) is 0. The molecular weight excluding hydrogens is 415 g/mol. The molecule has 4 aromatic rings. The van der Waals surface area contributed by atoms with Gasteiger partial charge in [0.15, 0.2) is 5.13 Å². The number of fused-ring (bicyclic) bond motifs is 1. The second kappa shape index (κ2) is 8.07. The highest BCUT2D eigenvalue weighted by Gasteiger charge is 2.30.